The van der Waals surface area contributed by atoms with Crippen LogP contribution in [0, 0.1) is 0 Å². The topological polar surface area (TPSA) is 47.6 Å². The summed E-state index contributed by atoms with van der Waals surface area (Å²) in [6, 6.07) is 10.4. The number of benzene rings is 1. The molecule has 3 rings (SSSR count). The molecule has 2 N–H and O–H groups in total. The van der Waals surface area contributed by atoms with E-state index in [2.05, 4.69) is 39.8 Å². The van der Waals surface area contributed by atoms with Crippen LogP contribution in [0.3, 0.4) is 0 Å². The minimum Gasteiger partial charge on any atom is -0.368 e. The van der Waals surface area contributed by atoms with E-state index >= 15 is 0 Å². The van der Waals surface area contributed by atoms with Gasteiger partial charge in [0.15, 0.2) is 0 Å². The lowest BCUT2D eigenvalue weighted by Gasteiger charge is -2.38. The van der Waals surface area contributed by atoms with Gasteiger partial charge in [0.2, 0.25) is 5.91 Å². The number of piperazine rings is 2. The van der Waals surface area contributed by atoms with Crippen LogP contribution in [0.2, 0.25) is 0 Å². The van der Waals surface area contributed by atoms with E-state index in [0.717, 1.165) is 45.8 Å². The van der Waals surface area contributed by atoms with Crippen molar-refractivity contribution in [1.29, 1.82) is 0 Å². The van der Waals surface area contributed by atoms with Crippen molar-refractivity contribution in [2.75, 3.05) is 50.7 Å². The van der Waals surface area contributed by atoms with E-state index in [4.69, 9.17) is 0 Å². The van der Waals surface area contributed by atoms with Gasteiger partial charge in [0.05, 0.1) is 6.04 Å². The first-order chi connectivity index (χ1) is 9.84. The number of rotatable bonds is 2. The summed E-state index contributed by atoms with van der Waals surface area (Å²) >= 11 is 0. The fourth-order valence-electron chi connectivity index (χ4n) is 2.87. The number of nitrogens with one attached hydrogen (secondary N) is 2. The smallest absolute Gasteiger partial charge is 0.241 e. The number of hydrogen-bond acceptors (Lipinski definition) is 4. The maximum absolute atomic E-state index is 12.4. The van der Waals surface area contributed by atoms with E-state index in [1.807, 2.05) is 11.0 Å². The molecule has 1 atom stereocenters. The van der Waals surface area contributed by atoms with Crippen molar-refractivity contribution in [1.82, 2.24) is 15.5 Å². The highest BCUT2D eigenvalue weighted by Gasteiger charge is 2.28. The summed E-state index contributed by atoms with van der Waals surface area (Å²) in [5.74, 6) is 0.241. The zero-order valence-corrected chi connectivity index (χ0v) is 11.7. The normalized spacial score (nSPS) is 23.7. The maximum Gasteiger partial charge on any atom is 0.241 e. The van der Waals surface area contributed by atoms with Crippen LogP contribution in [-0.2, 0) is 4.79 Å². The van der Waals surface area contributed by atoms with Gasteiger partial charge in [0, 0.05) is 51.5 Å². The molecule has 0 aromatic heterocycles. The van der Waals surface area contributed by atoms with Gasteiger partial charge < -0.3 is 20.4 Å². The average molecular weight is 274 g/mol. The molecular formula is C15H22N4O. The largest absolute Gasteiger partial charge is 0.368 e. The van der Waals surface area contributed by atoms with Crippen molar-refractivity contribution in [2.24, 2.45) is 0 Å². The summed E-state index contributed by atoms with van der Waals surface area (Å²) < 4.78 is 0. The fourth-order valence-corrected chi connectivity index (χ4v) is 2.87. The molecule has 2 saturated heterocycles. The lowest BCUT2D eigenvalue weighted by molar-refractivity contribution is -0.133. The molecule has 1 aromatic rings. The minimum atomic E-state index is -0.0491. The SMILES string of the molecule is O=C(C1CNCCN1)N1CCN(c2ccccc2)CC1. The van der Waals surface area contributed by atoms with Gasteiger partial charge in [-0.05, 0) is 12.1 Å². The van der Waals surface area contributed by atoms with Crippen molar-refractivity contribution in [3.63, 3.8) is 0 Å². The summed E-state index contributed by atoms with van der Waals surface area (Å²) in [4.78, 5) is 16.7. The van der Waals surface area contributed by atoms with E-state index < -0.39 is 0 Å². The molecular weight excluding hydrogens is 252 g/mol. The van der Waals surface area contributed by atoms with E-state index in [0.29, 0.717) is 0 Å². The number of para-hydroxylation sites is 1. The summed E-state index contributed by atoms with van der Waals surface area (Å²) in [7, 11) is 0. The number of carbonyl (C=O) groups is 1. The van der Waals surface area contributed by atoms with Crippen LogP contribution >= 0.6 is 0 Å². The minimum absolute atomic E-state index is 0.0491. The van der Waals surface area contributed by atoms with Crippen molar-refractivity contribution in [3.8, 4) is 0 Å². The quantitative estimate of drug-likeness (QED) is 0.790. The molecule has 20 heavy (non-hydrogen) atoms. The van der Waals surface area contributed by atoms with Gasteiger partial charge in [-0.3, -0.25) is 4.79 Å². The number of anilines is 1. The van der Waals surface area contributed by atoms with Crippen LogP contribution in [0.15, 0.2) is 30.3 Å². The van der Waals surface area contributed by atoms with Gasteiger partial charge in [-0.25, -0.2) is 0 Å². The number of hydrogen-bond donors (Lipinski definition) is 2. The van der Waals surface area contributed by atoms with Crippen molar-refractivity contribution >= 4 is 11.6 Å². The molecule has 2 aliphatic heterocycles. The van der Waals surface area contributed by atoms with Gasteiger partial charge in [0.1, 0.15) is 0 Å². The van der Waals surface area contributed by atoms with E-state index in [1.165, 1.54) is 5.69 Å². The van der Waals surface area contributed by atoms with Crippen molar-refractivity contribution < 1.29 is 4.79 Å². The zero-order valence-electron chi connectivity index (χ0n) is 11.7. The van der Waals surface area contributed by atoms with E-state index in [-0.39, 0.29) is 11.9 Å². The molecule has 2 aliphatic rings. The summed E-state index contributed by atoms with van der Waals surface area (Å²) in [5, 5.41) is 6.56. The fraction of sp³-hybridized carbons (Fsp3) is 0.533. The molecule has 0 bridgehead atoms. The van der Waals surface area contributed by atoms with Crippen LogP contribution in [0.1, 0.15) is 0 Å². The third kappa shape index (κ3) is 2.94. The first kappa shape index (κ1) is 13.4. The number of amides is 1. The van der Waals surface area contributed by atoms with Gasteiger partial charge in [-0.1, -0.05) is 18.2 Å². The monoisotopic (exact) mass is 274 g/mol. The molecule has 5 heteroatoms. The van der Waals surface area contributed by atoms with Crippen LogP contribution in [0.4, 0.5) is 5.69 Å². The predicted octanol–water partition coefficient (Wildman–Crippen LogP) is -0.103. The highest BCUT2D eigenvalue weighted by Crippen LogP contribution is 2.15. The first-order valence-electron chi connectivity index (χ1n) is 7.37. The molecule has 0 saturated carbocycles. The van der Waals surface area contributed by atoms with Crippen molar-refractivity contribution in [2.45, 2.75) is 6.04 Å². The Bertz CT molecular complexity index is 436. The summed E-state index contributed by atoms with van der Waals surface area (Å²) in [5.41, 5.74) is 1.25. The molecule has 0 radical (unpaired) electrons. The van der Waals surface area contributed by atoms with E-state index in [9.17, 15) is 4.79 Å². The maximum atomic E-state index is 12.4. The lowest BCUT2D eigenvalue weighted by atomic mass is 10.2. The van der Waals surface area contributed by atoms with Gasteiger partial charge in [-0.15, -0.1) is 0 Å². The van der Waals surface area contributed by atoms with Gasteiger partial charge in [-0.2, -0.15) is 0 Å². The summed E-state index contributed by atoms with van der Waals surface area (Å²) in [6.07, 6.45) is 0. The third-order valence-electron chi connectivity index (χ3n) is 4.05. The Morgan fingerprint density at radius 1 is 1.05 bits per heavy atom. The molecule has 108 valence electrons. The molecule has 0 spiro atoms. The molecule has 0 aliphatic carbocycles. The molecule has 5 nitrogen and oxygen atoms in total. The van der Waals surface area contributed by atoms with Crippen LogP contribution < -0.4 is 15.5 Å². The standard InChI is InChI=1S/C15H22N4O/c20-15(14-12-16-6-7-17-14)19-10-8-18(9-11-19)13-4-2-1-3-5-13/h1-5,14,16-17H,6-12H2. The van der Waals surface area contributed by atoms with Gasteiger partial charge in [0.25, 0.3) is 0 Å². The second kappa shape index (κ2) is 6.24. The number of nitrogens with zero attached hydrogens (tertiary/aromatic N) is 2. The molecule has 2 heterocycles. The van der Waals surface area contributed by atoms with Crippen LogP contribution in [-0.4, -0.2) is 62.7 Å². The molecule has 1 aromatic carbocycles. The summed E-state index contributed by atoms with van der Waals surface area (Å²) in [6.45, 7) is 6.02. The Morgan fingerprint density at radius 2 is 1.80 bits per heavy atom. The second-order valence-electron chi connectivity index (χ2n) is 5.36. The third-order valence-corrected chi connectivity index (χ3v) is 4.05. The average Bonchev–Trinajstić information content (AvgIpc) is 2.56. The molecule has 1 amide bonds. The predicted molar refractivity (Wildman–Crippen MR) is 79.9 cm³/mol. The molecule has 2 fully saturated rings. The van der Waals surface area contributed by atoms with Crippen LogP contribution in [0.5, 0.6) is 0 Å². The van der Waals surface area contributed by atoms with Crippen molar-refractivity contribution in [3.05, 3.63) is 30.3 Å². The highest BCUT2D eigenvalue weighted by atomic mass is 16.2. The lowest BCUT2D eigenvalue weighted by Crippen LogP contribution is -2.59. The van der Waals surface area contributed by atoms with Crippen LogP contribution in [0.25, 0.3) is 0 Å². The second-order valence-corrected chi connectivity index (χ2v) is 5.36. The highest BCUT2D eigenvalue weighted by molar-refractivity contribution is 5.82. The first-order valence-corrected chi connectivity index (χ1v) is 7.37. The number of carbonyl (C=O) groups excluding carboxylic acids is 1. The Kier molecular flexibility index (Phi) is 4.18. The van der Waals surface area contributed by atoms with Gasteiger partial charge >= 0.3 is 0 Å². The Hall–Kier alpha value is -1.59. The zero-order chi connectivity index (χ0) is 13.8. The Labute approximate surface area is 119 Å². The molecule has 1 unspecified atom stereocenters. The Morgan fingerprint density at radius 3 is 2.45 bits per heavy atom. The Balaban J connectivity index is 1.54. The van der Waals surface area contributed by atoms with E-state index in [1.54, 1.807) is 0 Å².